The molecule has 0 aliphatic carbocycles. The van der Waals surface area contributed by atoms with Gasteiger partial charge in [0.2, 0.25) is 0 Å². The highest BCUT2D eigenvalue weighted by Crippen LogP contribution is 2.31. The summed E-state index contributed by atoms with van der Waals surface area (Å²) >= 11 is 3.14. The van der Waals surface area contributed by atoms with Gasteiger partial charge in [0.05, 0.1) is 17.1 Å². The molecular weight excluding hydrogens is 290 g/mol. The number of nitro groups is 1. The first-order valence-electron chi connectivity index (χ1n) is 5.11. The number of nitro benzene ring substituents is 1. The largest absolute Gasteiger partial charge is 0.487 e. The van der Waals surface area contributed by atoms with Crippen LogP contribution in [0.1, 0.15) is 23.7 Å². The molecule has 1 aromatic carbocycles. The number of halogens is 1. The lowest BCUT2D eigenvalue weighted by molar-refractivity contribution is -0.386. The molecule has 0 aliphatic heterocycles. The molecule has 0 aliphatic rings. The van der Waals surface area contributed by atoms with E-state index in [1.54, 1.807) is 13.0 Å². The van der Waals surface area contributed by atoms with Crippen LogP contribution in [0.25, 0.3) is 0 Å². The molecule has 0 saturated carbocycles. The van der Waals surface area contributed by atoms with Crippen LogP contribution >= 0.6 is 15.9 Å². The minimum absolute atomic E-state index is 0.0976. The van der Waals surface area contributed by atoms with Gasteiger partial charge in [-0.3, -0.25) is 14.9 Å². The minimum atomic E-state index is -0.577. The van der Waals surface area contributed by atoms with Gasteiger partial charge in [-0.2, -0.15) is 0 Å². The van der Waals surface area contributed by atoms with E-state index >= 15 is 0 Å². The molecule has 17 heavy (non-hydrogen) atoms. The standard InChI is InChI=1S/C11H12BrNO4/c1-2-17-10-5-3-4-8(9(14)6-7-12)11(10)13(15)16/h3-5H,2,6-7H2,1H3. The fraction of sp³-hybridized carbons (Fsp3) is 0.364. The van der Waals surface area contributed by atoms with E-state index in [-0.39, 0.29) is 29.2 Å². The first-order chi connectivity index (χ1) is 8.11. The number of carbonyl (C=O) groups is 1. The average molecular weight is 302 g/mol. The lowest BCUT2D eigenvalue weighted by atomic mass is 10.1. The second-order valence-electron chi connectivity index (χ2n) is 3.20. The maximum atomic E-state index is 11.7. The van der Waals surface area contributed by atoms with Crippen molar-refractivity contribution < 1.29 is 14.5 Å². The van der Waals surface area contributed by atoms with Gasteiger partial charge in [-0.05, 0) is 19.1 Å². The zero-order valence-electron chi connectivity index (χ0n) is 9.31. The van der Waals surface area contributed by atoms with Crippen molar-refractivity contribution in [3.63, 3.8) is 0 Å². The molecule has 0 aromatic heterocycles. The van der Waals surface area contributed by atoms with Crippen molar-refractivity contribution in [1.29, 1.82) is 0 Å². The van der Waals surface area contributed by atoms with E-state index in [2.05, 4.69) is 15.9 Å². The number of hydrogen-bond donors (Lipinski definition) is 0. The summed E-state index contributed by atoms with van der Waals surface area (Å²) < 4.78 is 5.16. The number of ketones is 1. The molecule has 1 rings (SSSR count). The zero-order chi connectivity index (χ0) is 12.8. The van der Waals surface area contributed by atoms with E-state index in [1.807, 2.05) is 0 Å². The SMILES string of the molecule is CCOc1cccc(C(=O)CCBr)c1[N+](=O)[O-]. The molecule has 0 radical (unpaired) electrons. The summed E-state index contributed by atoms with van der Waals surface area (Å²) in [5.74, 6) is -0.131. The third-order valence-electron chi connectivity index (χ3n) is 2.10. The number of benzene rings is 1. The number of hydrogen-bond acceptors (Lipinski definition) is 4. The van der Waals surface area contributed by atoms with Crippen molar-refractivity contribution in [2.75, 3.05) is 11.9 Å². The second kappa shape index (κ2) is 6.34. The smallest absolute Gasteiger partial charge is 0.321 e. The van der Waals surface area contributed by atoms with E-state index in [9.17, 15) is 14.9 Å². The lowest BCUT2D eigenvalue weighted by Gasteiger charge is -2.07. The third-order valence-corrected chi connectivity index (χ3v) is 2.50. The Kier molecular flexibility index (Phi) is 5.09. The molecular formula is C11H12BrNO4. The molecule has 0 amide bonds. The molecule has 6 heteroatoms. The summed E-state index contributed by atoms with van der Waals surface area (Å²) in [6.07, 6.45) is 0.219. The van der Waals surface area contributed by atoms with Gasteiger partial charge in [-0.25, -0.2) is 0 Å². The molecule has 0 atom stereocenters. The van der Waals surface area contributed by atoms with Crippen LogP contribution < -0.4 is 4.74 Å². The number of ether oxygens (including phenoxy) is 1. The van der Waals surface area contributed by atoms with Crippen LogP contribution in [-0.2, 0) is 0 Å². The highest BCUT2D eigenvalue weighted by molar-refractivity contribution is 9.09. The van der Waals surface area contributed by atoms with Crippen LogP contribution in [-0.4, -0.2) is 22.6 Å². The van der Waals surface area contributed by atoms with E-state index in [1.165, 1.54) is 12.1 Å². The molecule has 0 N–H and O–H groups in total. The van der Waals surface area contributed by atoms with Gasteiger partial charge in [0.25, 0.3) is 0 Å². The van der Waals surface area contributed by atoms with Crippen LogP contribution in [0.3, 0.4) is 0 Å². The van der Waals surface area contributed by atoms with E-state index in [4.69, 9.17) is 4.74 Å². The Hall–Kier alpha value is -1.43. The number of para-hydroxylation sites is 1. The predicted molar refractivity (Wildman–Crippen MR) is 67.0 cm³/mol. The summed E-state index contributed by atoms with van der Waals surface area (Å²) in [7, 11) is 0. The van der Waals surface area contributed by atoms with Crippen LogP contribution in [0.5, 0.6) is 5.75 Å². The van der Waals surface area contributed by atoms with Crippen LogP contribution in [0.4, 0.5) is 5.69 Å². The van der Waals surface area contributed by atoms with Gasteiger partial charge in [-0.15, -0.1) is 0 Å². The minimum Gasteiger partial charge on any atom is -0.487 e. The molecule has 0 saturated heterocycles. The molecule has 1 aromatic rings. The maximum Gasteiger partial charge on any atom is 0.321 e. The summed E-state index contributed by atoms with van der Waals surface area (Å²) in [5.41, 5.74) is -0.152. The third kappa shape index (κ3) is 3.26. The first-order valence-corrected chi connectivity index (χ1v) is 6.23. The normalized spacial score (nSPS) is 10.0. The molecule has 5 nitrogen and oxygen atoms in total. The fourth-order valence-electron chi connectivity index (χ4n) is 1.43. The Morgan fingerprint density at radius 2 is 2.24 bits per heavy atom. The monoisotopic (exact) mass is 301 g/mol. The highest BCUT2D eigenvalue weighted by atomic mass is 79.9. The molecule has 0 fully saturated rings. The van der Waals surface area contributed by atoms with Gasteiger partial charge >= 0.3 is 5.69 Å². The Morgan fingerprint density at radius 1 is 1.53 bits per heavy atom. The summed E-state index contributed by atoms with van der Waals surface area (Å²) in [6.45, 7) is 2.05. The Labute approximate surface area is 107 Å². The van der Waals surface area contributed by atoms with E-state index in [0.717, 1.165) is 0 Å². The number of carbonyl (C=O) groups excluding carboxylic acids is 1. The van der Waals surface area contributed by atoms with Gasteiger partial charge in [0, 0.05) is 11.8 Å². The van der Waals surface area contributed by atoms with Gasteiger partial charge in [-0.1, -0.05) is 22.0 Å². The van der Waals surface area contributed by atoms with Crippen LogP contribution in [0.2, 0.25) is 0 Å². The van der Waals surface area contributed by atoms with Crippen LogP contribution in [0.15, 0.2) is 18.2 Å². The fourth-order valence-corrected chi connectivity index (χ4v) is 1.79. The van der Waals surface area contributed by atoms with Gasteiger partial charge < -0.3 is 4.74 Å². The molecule has 0 unspecified atom stereocenters. The molecule has 0 bridgehead atoms. The number of nitrogens with zero attached hydrogens (tertiary/aromatic N) is 1. The van der Waals surface area contributed by atoms with Crippen molar-refractivity contribution in [3.05, 3.63) is 33.9 Å². The summed E-state index contributed by atoms with van der Waals surface area (Å²) in [6, 6.07) is 4.53. The molecule has 92 valence electrons. The van der Waals surface area contributed by atoms with Gasteiger partial charge in [0.15, 0.2) is 11.5 Å². The van der Waals surface area contributed by atoms with Crippen LogP contribution in [0, 0.1) is 10.1 Å². The highest BCUT2D eigenvalue weighted by Gasteiger charge is 2.24. The van der Waals surface area contributed by atoms with E-state index in [0.29, 0.717) is 11.9 Å². The Morgan fingerprint density at radius 3 is 2.76 bits per heavy atom. The van der Waals surface area contributed by atoms with Crippen molar-refractivity contribution in [3.8, 4) is 5.75 Å². The Bertz CT molecular complexity index is 433. The Balaban J connectivity index is 3.24. The molecule has 0 spiro atoms. The van der Waals surface area contributed by atoms with Crippen molar-refractivity contribution in [1.82, 2.24) is 0 Å². The van der Waals surface area contributed by atoms with Gasteiger partial charge in [0.1, 0.15) is 0 Å². The van der Waals surface area contributed by atoms with E-state index < -0.39 is 4.92 Å². The first kappa shape index (κ1) is 13.6. The topological polar surface area (TPSA) is 69.4 Å². The second-order valence-corrected chi connectivity index (χ2v) is 4.00. The number of Topliss-reactive ketones (excluding diaryl/α,β-unsaturated/α-hetero) is 1. The quantitative estimate of drug-likeness (QED) is 0.350. The lowest BCUT2D eigenvalue weighted by Crippen LogP contribution is -2.06. The zero-order valence-corrected chi connectivity index (χ0v) is 10.9. The average Bonchev–Trinajstić information content (AvgIpc) is 2.29. The number of rotatable bonds is 6. The van der Waals surface area contributed by atoms with Crippen molar-refractivity contribution >= 4 is 27.4 Å². The van der Waals surface area contributed by atoms with Crippen molar-refractivity contribution in [2.45, 2.75) is 13.3 Å². The summed E-state index contributed by atoms with van der Waals surface area (Å²) in [4.78, 5) is 22.1. The number of alkyl halides is 1. The maximum absolute atomic E-state index is 11.7. The van der Waals surface area contributed by atoms with Crippen molar-refractivity contribution in [2.24, 2.45) is 0 Å². The predicted octanol–water partition coefficient (Wildman–Crippen LogP) is 2.96. The summed E-state index contributed by atoms with van der Waals surface area (Å²) in [5, 5.41) is 11.5. The molecule has 0 heterocycles.